The Morgan fingerprint density at radius 2 is 2.00 bits per heavy atom. The Morgan fingerprint density at radius 3 is 2.00 bits per heavy atom. The summed E-state index contributed by atoms with van der Waals surface area (Å²) in [6, 6.07) is 0. The first-order chi connectivity index (χ1) is 1.91. The Kier molecular flexibility index (Phi) is 17.7. The van der Waals surface area contributed by atoms with Gasteiger partial charge < -0.3 is 4.66 Å². The Bertz CT molecular complexity index is 9.61. The van der Waals surface area contributed by atoms with Crippen molar-refractivity contribution >= 4 is 41.4 Å². The molecular weight excluding hydrogens is 126 g/mol. The predicted octanol–water partition coefficient (Wildman–Crippen LogP) is -1.22. The van der Waals surface area contributed by atoms with Gasteiger partial charge in [0.1, 0.15) is 11.9 Å². The van der Waals surface area contributed by atoms with Crippen LogP contribution in [0.3, 0.4) is 0 Å². The third kappa shape index (κ3) is 10.8. The van der Waals surface area contributed by atoms with E-state index in [1.54, 1.807) is 0 Å². The molecule has 0 atom stereocenters. The van der Waals surface area contributed by atoms with E-state index < -0.39 is 0 Å². The SMILES string of the molecule is [NaH].[O-][Cl+]OCl. The summed E-state index contributed by atoms with van der Waals surface area (Å²) in [6.07, 6.45) is 0. The third-order valence-corrected chi connectivity index (χ3v) is 0.214. The summed E-state index contributed by atoms with van der Waals surface area (Å²) in [6.45, 7) is 0. The molecule has 0 aromatic rings. The molecule has 0 radical (unpaired) electrons. The Morgan fingerprint density at radius 1 is 1.80 bits per heavy atom. The second-order valence-electron chi connectivity index (χ2n) is 0.121. The molecule has 5 heteroatoms. The summed E-state index contributed by atoms with van der Waals surface area (Å²) < 4.78 is 12.1. The molecular formula is HCl2NaO2. The van der Waals surface area contributed by atoms with Crippen molar-refractivity contribution in [1.82, 2.24) is 0 Å². The summed E-state index contributed by atoms with van der Waals surface area (Å²) in [5.41, 5.74) is 0. The van der Waals surface area contributed by atoms with Crippen LogP contribution < -0.4 is 4.66 Å². The van der Waals surface area contributed by atoms with Gasteiger partial charge in [0.15, 0.2) is 0 Å². The molecule has 0 saturated carbocycles. The molecule has 0 bridgehead atoms. The molecule has 0 rings (SSSR count). The average Bonchev–Trinajstić information content (AvgIpc) is 1.37. The molecule has 28 valence electrons. The van der Waals surface area contributed by atoms with Gasteiger partial charge in [-0.25, -0.2) is 0 Å². The van der Waals surface area contributed by atoms with E-state index in [1.165, 1.54) is 0 Å². The van der Waals surface area contributed by atoms with E-state index in [2.05, 4.69) is 15.7 Å². The molecule has 0 amide bonds. The molecule has 0 aliphatic carbocycles. The van der Waals surface area contributed by atoms with E-state index >= 15 is 0 Å². The fraction of sp³-hybridized carbons (Fsp3) is 0. The van der Waals surface area contributed by atoms with E-state index in [0.29, 0.717) is 0 Å². The predicted molar refractivity (Wildman–Crippen MR) is 14.1 cm³/mol. The first kappa shape index (κ1) is 9.71. The van der Waals surface area contributed by atoms with Gasteiger partial charge in [-0.3, -0.25) is 0 Å². The maximum atomic E-state index is 8.81. The molecule has 5 heavy (non-hydrogen) atoms. The van der Waals surface area contributed by atoms with Crippen LogP contribution >= 0.6 is 11.9 Å². The van der Waals surface area contributed by atoms with Gasteiger partial charge in [-0.1, -0.05) is 0 Å². The zero-order chi connectivity index (χ0) is 3.41. The first-order valence-corrected chi connectivity index (χ1v) is 1.39. The molecule has 0 spiro atoms. The smallest absolute Gasteiger partial charge is 0.350 e. The molecule has 0 N–H and O–H groups in total. The number of rotatable bonds is 1. The summed E-state index contributed by atoms with van der Waals surface area (Å²) in [5.74, 6) is 0. The van der Waals surface area contributed by atoms with E-state index in [-0.39, 0.29) is 40.9 Å². The summed E-state index contributed by atoms with van der Waals surface area (Å²) in [5, 5.41) is 0. The zero-order valence-electron chi connectivity index (χ0n) is 1.57. The van der Waals surface area contributed by atoms with Crippen LogP contribution in [0.2, 0.25) is 0 Å². The number of hydrogen-bond donors (Lipinski definition) is 0. The van der Waals surface area contributed by atoms with E-state index in [9.17, 15) is 0 Å². The summed E-state index contributed by atoms with van der Waals surface area (Å²) >= 11 is 4.54. The zero-order valence-corrected chi connectivity index (χ0v) is 3.08. The van der Waals surface area contributed by atoms with Crippen LogP contribution in [0, 0.1) is 11.3 Å². The van der Waals surface area contributed by atoms with Gasteiger partial charge >= 0.3 is 40.9 Å². The first-order valence-electron chi connectivity index (χ1n) is 0.463. The molecule has 0 aliphatic rings. The number of halogens is 2. The maximum Gasteiger partial charge on any atom is 0.350 e. The van der Waals surface area contributed by atoms with E-state index in [4.69, 9.17) is 4.66 Å². The van der Waals surface area contributed by atoms with Crippen molar-refractivity contribution in [2.45, 2.75) is 0 Å². The standard InChI is InChI=1S/Cl2O2.Na.H/c1-4-2-3;;. The van der Waals surface area contributed by atoms with Crippen LogP contribution in [0.25, 0.3) is 0 Å². The topological polar surface area (TPSA) is 32.3 Å². The largest absolute Gasteiger partial charge is 0.505 e. The fourth-order valence-electron chi connectivity index (χ4n) is 0. The minimum Gasteiger partial charge on any atom is -0.505 e. The Hall–Kier alpha value is 1.50. The van der Waals surface area contributed by atoms with Crippen LogP contribution in [0.15, 0.2) is 0 Å². The van der Waals surface area contributed by atoms with Crippen molar-refractivity contribution in [2.24, 2.45) is 0 Å². The molecule has 0 aromatic carbocycles. The van der Waals surface area contributed by atoms with Crippen molar-refractivity contribution in [3.05, 3.63) is 0 Å². The second kappa shape index (κ2) is 9.09. The molecule has 2 nitrogen and oxygen atoms in total. The van der Waals surface area contributed by atoms with Crippen molar-refractivity contribution in [1.29, 1.82) is 0 Å². The van der Waals surface area contributed by atoms with Gasteiger partial charge in [-0.05, 0) is 0 Å². The van der Waals surface area contributed by atoms with Crippen molar-refractivity contribution < 1.29 is 19.8 Å². The van der Waals surface area contributed by atoms with Crippen molar-refractivity contribution in [3.63, 3.8) is 0 Å². The van der Waals surface area contributed by atoms with Gasteiger partial charge in [-0.2, -0.15) is 0 Å². The van der Waals surface area contributed by atoms with Crippen LogP contribution in [0.1, 0.15) is 0 Å². The van der Waals surface area contributed by atoms with Gasteiger partial charge in [0.2, 0.25) is 0 Å². The van der Waals surface area contributed by atoms with E-state index in [1.807, 2.05) is 0 Å². The van der Waals surface area contributed by atoms with Gasteiger partial charge in [-0.15, -0.1) is 0 Å². The molecule has 0 heterocycles. The van der Waals surface area contributed by atoms with Crippen LogP contribution in [-0.4, -0.2) is 29.6 Å². The average molecular weight is 127 g/mol. The maximum absolute atomic E-state index is 8.81. The minimum atomic E-state index is 0. The van der Waals surface area contributed by atoms with Crippen LogP contribution in [0.4, 0.5) is 0 Å². The Balaban J connectivity index is 0. The normalized spacial score (nSPS) is 6.00. The fourth-order valence-corrected chi connectivity index (χ4v) is 0. The molecule has 0 saturated heterocycles. The quantitative estimate of drug-likeness (QED) is 0.413. The van der Waals surface area contributed by atoms with E-state index in [0.717, 1.165) is 0 Å². The minimum absolute atomic E-state index is 0. The summed E-state index contributed by atoms with van der Waals surface area (Å²) in [4.78, 5) is 0. The number of hydrogen-bond acceptors (Lipinski definition) is 2. The summed E-state index contributed by atoms with van der Waals surface area (Å²) in [7, 11) is 0. The third-order valence-electron chi connectivity index (χ3n) is 0.0238. The molecule has 0 aromatic heterocycles. The molecule has 0 aliphatic heterocycles. The van der Waals surface area contributed by atoms with Gasteiger partial charge in [0.25, 0.3) is 0 Å². The van der Waals surface area contributed by atoms with Crippen LogP contribution in [-0.2, 0) is 3.84 Å². The molecule has 0 unspecified atom stereocenters. The van der Waals surface area contributed by atoms with Gasteiger partial charge in [0, 0.05) is 3.84 Å². The van der Waals surface area contributed by atoms with Crippen molar-refractivity contribution in [2.75, 3.05) is 0 Å². The second-order valence-corrected chi connectivity index (χ2v) is 0.714. The van der Waals surface area contributed by atoms with Gasteiger partial charge in [0.05, 0.1) is 0 Å². The van der Waals surface area contributed by atoms with Crippen molar-refractivity contribution in [3.8, 4) is 0 Å². The Labute approximate surface area is 61.0 Å². The monoisotopic (exact) mass is 126 g/mol. The molecule has 0 fully saturated rings. The van der Waals surface area contributed by atoms with Crippen LogP contribution in [0.5, 0.6) is 0 Å².